The molecule has 112 valence electrons. The number of nitrogens with zero attached hydrogens (tertiary/aromatic N) is 3. The second-order valence-electron chi connectivity index (χ2n) is 5.00. The van der Waals surface area contributed by atoms with Crippen molar-refractivity contribution in [3.8, 4) is 0 Å². The molecule has 1 aromatic heterocycles. The summed E-state index contributed by atoms with van der Waals surface area (Å²) in [6.07, 6.45) is 0.805. The molecule has 0 unspecified atom stereocenters. The summed E-state index contributed by atoms with van der Waals surface area (Å²) in [4.78, 5) is 0. The Bertz CT molecular complexity index is 756. The van der Waals surface area contributed by atoms with Crippen molar-refractivity contribution in [2.75, 3.05) is 0 Å². The highest BCUT2D eigenvalue weighted by Gasteiger charge is 2.10. The number of hydrogen-bond acceptors (Lipinski definition) is 3. The van der Waals surface area contributed by atoms with Crippen LogP contribution in [0.1, 0.15) is 17.0 Å². The van der Waals surface area contributed by atoms with Crippen LogP contribution in [-0.4, -0.2) is 14.8 Å². The lowest BCUT2D eigenvalue weighted by Gasteiger charge is -2.05. The molecule has 0 radical (unpaired) electrons. The Morgan fingerprint density at radius 2 is 1.73 bits per heavy atom. The van der Waals surface area contributed by atoms with Gasteiger partial charge in [-0.05, 0) is 17.2 Å². The molecule has 0 bridgehead atoms. The van der Waals surface area contributed by atoms with Crippen LogP contribution in [0.25, 0.3) is 0 Å². The van der Waals surface area contributed by atoms with Gasteiger partial charge in [-0.15, -0.1) is 10.2 Å². The van der Waals surface area contributed by atoms with Crippen LogP contribution < -0.4 is 0 Å². The largest absolute Gasteiger partial charge is 0.309 e. The van der Waals surface area contributed by atoms with Crippen LogP contribution in [0.4, 0.5) is 0 Å². The fourth-order valence-corrected chi connectivity index (χ4v) is 3.71. The Labute approximate surface area is 142 Å². The number of thioether (sulfide) groups is 1. The van der Waals surface area contributed by atoms with Crippen LogP contribution >= 0.6 is 27.7 Å². The van der Waals surface area contributed by atoms with E-state index in [0.717, 1.165) is 27.6 Å². The molecule has 22 heavy (non-hydrogen) atoms. The van der Waals surface area contributed by atoms with Crippen LogP contribution in [0.15, 0.2) is 64.2 Å². The first-order valence-electron chi connectivity index (χ1n) is 7.02. The van der Waals surface area contributed by atoms with Gasteiger partial charge in [-0.25, -0.2) is 0 Å². The summed E-state index contributed by atoms with van der Waals surface area (Å²) in [5, 5.41) is 9.59. The topological polar surface area (TPSA) is 30.7 Å². The van der Waals surface area contributed by atoms with Gasteiger partial charge < -0.3 is 4.57 Å². The van der Waals surface area contributed by atoms with Crippen LogP contribution in [0.2, 0.25) is 0 Å². The molecular formula is C17H16BrN3S. The van der Waals surface area contributed by atoms with Crippen molar-refractivity contribution in [2.24, 2.45) is 7.05 Å². The van der Waals surface area contributed by atoms with Gasteiger partial charge >= 0.3 is 0 Å². The average Bonchev–Trinajstić information content (AvgIpc) is 2.88. The molecule has 0 saturated carbocycles. The van der Waals surface area contributed by atoms with Crippen molar-refractivity contribution in [3.05, 3.63) is 76.0 Å². The molecule has 5 heteroatoms. The van der Waals surface area contributed by atoms with E-state index in [-0.39, 0.29) is 0 Å². The van der Waals surface area contributed by atoms with E-state index in [0.29, 0.717) is 0 Å². The maximum Gasteiger partial charge on any atom is 0.191 e. The third kappa shape index (κ3) is 3.59. The fourth-order valence-electron chi connectivity index (χ4n) is 2.16. The van der Waals surface area contributed by atoms with Gasteiger partial charge in [-0.1, -0.05) is 76.2 Å². The highest BCUT2D eigenvalue weighted by atomic mass is 79.9. The van der Waals surface area contributed by atoms with Crippen LogP contribution in [0, 0.1) is 0 Å². The molecule has 3 aromatic rings. The third-order valence-electron chi connectivity index (χ3n) is 3.44. The molecule has 1 heterocycles. The van der Waals surface area contributed by atoms with E-state index in [9.17, 15) is 0 Å². The Morgan fingerprint density at radius 3 is 2.50 bits per heavy atom. The van der Waals surface area contributed by atoms with E-state index >= 15 is 0 Å². The van der Waals surface area contributed by atoms with Crippen molar-refractivity contribution in [3.63, 3.8) is 0 Å². The smallest absolute Gasteiger partial charge is 0.191 e. The minimum absolute atomic E-state index is 0.805. The lowest BCUT2D eigenvalue weighted by atomic mass is 10.1. The van der Waals surface area contributed by atoms with E-state index in [1.165, 1.54) is 11.1 Å². The highest BCUT2D eigenvalue weighted by Crippen LogP contribution is 2.26. The summed E-state index contributed by atoms with van der Waals surface area (Å²) >= 11 is 5.29. The molecule has 0 N–H and O–H groups in total. The second kappa shape index (κ2) is 7.11. The van der Waals surface area contributed by atoms with Crippen molar-refractivity contribution < 1.29 is 0 Å². The summed E-state index contributed by atoms with van der Waals surface area (Å²) in [5.41, 5.74) is 2.51. The predicted octanol–water partition coefficient (Wildman–Crippen LogP) is 4.46. The van der Waals surface area contributed by atoms with E-state index in [1.54, 1.807) is 11.8 Å². The van der Waals surface area contributed by atoms with Gasteiger partial charge in [0, 0.05) is 23.7 Å². The number of halogens is 1. The van der Waals surface area contributed by atoms with Crippen molar-refractivity contribution in [2.45, 2.75) is 17.3 Å². The van der Waals surface area contributed by atoms with Crippen LogP contribution in [0.5, 0.6) is 0 Å². The molecule has 0 aliphatic rings. The number of benzene rings is 2. The first kappa shape index (κ1) is 15.3. The summed E-state index contributed by atoms with van der Waals surface area (Å²) in [6.45, 7) is 0. The highest BCUT2D eigenvalue weighted by molar-refractivity contribution is 9.10. The monoisotopic (exact) mass is 373 g/mol. The van der Waals surface area contributed by atoms with Gasteiger partial charge in [0.25, 0.3) is 0 Å². The minimum Gasteiger partial charge on any atom is -0.309 e. The maximum absolute atomic E-state index is 4.33. The van der Waals surface area contributed by atoms with Gasteiger partial charge in [-0.3, -0.25) is 0 Å². The molecule has 0 aliphatic carbocycles. The first-order valence-corrected chi connectivity index (χ1v) is 8.80. The lowest BCUT2D eigenvalue weighted by Crippen LogP contribution is -2.00. The van der Waals surface area contributed by atoms with Gasteiger partial charge in [0.15, 0.2) is 5.16 Å². The zero-order valence-electron chi connectivity index (χ0n) is 12.2. The molecule has 3 nitrogen and oxygen atoms in total. The predicted molar refractivity (Wildman–Crippen MR) is 94.0 cm³/mol. The third-order valence-corrected chi connectivity index (χ3v) is 5.29. The van der Waals surface area contributed by atoms with E-state index in [2.05, 4.69) is 61.0 Å². The first-order chi connectivity index (χ1) is 10.7. The van der Waals surface area contributed by atoms with E-state index < -0.39 is 0 Å². The minimum atomic E-state index is 0.805. The number of rotatable bonds is 5. The Hall–Kier alpha value is -1.59. The molecule has 0 saturated heterocycles. The summed E-state index contributed by atoms with van der Waals surface area (Å²) in [7, 11) is 2.03. The Balaban J connectivity index is 1.70. The molecule has 3 rings (SSSR count). The summed E-state index contributed by atoms with van der Waals surface area (Å²) < 4.78 is 3.21. The van der Waals surface area contributed by atoms with Gasteiger partial charge in [-0.2, -0.15) is 0 Å². The average molecular weight is 374 g/mol. The molecule has 0 atom stereocenters. The SMILES string of the molecule is Cn1c(Cc2ccccc2)nnc1SCc1ccccc1Br. The molecular weight excluding hydrogens is 358 g/mol. The van der Waals surface area contributed by atoms with E-state index in [1.807, 2.05) is 31.3 Å². The Kier molecular flexibility index (Phi) is 4.95. The second-order valence-corrected chi connectivity index (χ2v) is 6.80. The van der Waals surface area contributed by atoms with Gasteiger partial charge in [0.2, 0.25) is 0 Å². The molecule has 0 amide bonds. The normalized spacial score (nSPS) is 10.8. The van der Waals surface area contributed by atoms with Crippen molar-refractivity contribution in [1.82, 2.24) is 14.8 Å². The fraction of sp³-hybridized carbons (Fsp3) is 0.176. The van der Waals surface area contributed by atoms with Gasteiger partial charge in [0.1, 0.15) is 5.82 Å². The van der Waals surface area contributed by atoms with Crippen LogP contribution in [0.3, 0.4) is 0 Å². The summed E-state index contributed by atoms with van der Waals surface area (Å²) in [6, 6.07) is 18.6. The zero-order chi connectivity index (χ0) is 15.4. The van der Waals surface area contributed by atoms with Gasteiger partial charge in [0.05, 0.1) is 0 Å². The quantitative estimate of drug-likeness (QED) is 0.618. The maximum atomic E-state index is 4.33. The standard InChI is InChI=1S/C17H16BrN3S/c1-21-16(11-13-7-3-2-4-8-13)19-20-17(21)22-12-14-9-5-6-10-15(14)18/h2-10H,11-12H2,1H3. The van der Waals surface area contributed by atoms with Crippen LogP contribution in [-0.2, 0) is 19.2 Å². The number of aromatic nitrogens is 3. The molecule has 0 spiro atoms. The zero-order valence-corrected chi connectivity index (χ0v) is 14.6. The molecule has 2 aromatic carbocycles. The lowest BCUT2D eigenvalue weighted by molar-refractivity contribution is 0.749. The van der Waals surface area contributed by atoms with Crippen molar-refractivity contribution in [1.29, 1.82) is 0 Å². The number of hydrogen-bond donors (Lipinski definition) is 0. The molecule has 0 aliphatic heterocycles. The summed E-state index contributed by atoms with van der Waals surface area (Å²) in [5.74, 6) is 1.86. The van der Waals surface area contributed by atoms with Crippen molar-refractivity contribution >= 4 is 27.7 Å². The van der Waals surface area contributed by atoms with E-state index in [4.69, 9.17) is 0 Å². The molecule has 0 fully saturated rings. The Morgan fingerprint density at radius 1 is 1.00 bits per heavy atom.